The van der Waals surface area contributed by atoms with Crippen LogP contribution in [0.2, 0.25) is 0 Å². The van der Waals surface area contributed by atoms with E-state index in [4.69, 9.17) is 0 Å². The lowest BCUT2D eigenvalue weighted by Crippen LogP contribution is -2.15. The van der Waals surface area contributed by atoms with E-state index in [-0.39, 0.29) is 0 Å². The lowest BCUT2D eigenvalue weighted by atomic mass is 10.1. The quantitative estimate of drug-likeness (QED) is 0.749. The lowest BCUT2D eigenvalue weighted by Gasteiger charge is -2.09. The molecule has 0 heterocycles. The van der Waals surface area contributed by atoms with Crippen molar-refractivity contribution in [2.75, 3.05) is 18.6 Å². The highest BCUT2D eigenvalue weighted by Gasteiger charge is 2.03. The van der Waals surface area contributed by atoms with Crippen molar-refractivity contribution >= 4 is 11.8 Å². The Morgan fingerprint density at radius 1 is 1.25 bits per heavy atom. The number of phenolic OH excluding ortho intramolecular Hbond substituents is 1. The number of benzene rings is 1. The van der Waals surface area contributed by atoms with Crippen LogP contribution >= 0.6 is 11.8 Å². The molecule has 0 saturated carbocycles. The average Bonchev–Trinajstić information content (AvgIpc) is 2.25. The lowest BCUT2D eigenvalue weighted by molar-refractivity contribution is 0.464. The number of hydrogen-bond acceptors (Lipinski definition) is 3. The van der Waals surface area contributed by atoms with Gasteiger partial charge in [0.2, 0.25) is 0 Å². The molecule has 2 N–H and O–H groups in total. The molecule has 0 aliphatic carbocycles. The van der Waals surface area contributed by atoms with Crippen LogP contribution in [0.3, 0.4) is 0 Å². The van der Waals surface area contributed by atoms with Crippen molar-refractivity contribution in [3.8, 4) is 5.75 Å². The highest BCUT2D eigenvalue weighted by Crippen LogP contribution is 2.21. The number of rotatable bonds is 6. The Bertz CT molecular complexity index is 339. The van der Waals surface area contributed by atoms with Gasteiger partial charge in [-0.25, -0.2) is 0 Å². The van der Waals surface area contributed by atoms with E-state index in [0.29, 0.717) is 5.75 Å². The molecule has 0 aliphatic rings. The third-order valence-electron chi connectivity index (χ3n) is 2.71. The van der Waals surface area contributed by atoms with Crippen molar-refractivity contribution in [3.05, 3.63) is 28.8 Å². The molecule has 0 spiro atoms. The minimum absolute atomic E-state index is 0.403. The second-order valence-corrected chi connectivity index (χ2v) is 5.07. The summed E-state index contributed by atoms with van der Waals surface area (Å²) in [7, 11) is 0. The molecule has 0 unspecified atom stereocenters. The van der Waals surface area contributed by atoms with Gasteiger partial charge < -0.3 is 10.4 Å². The van der Waals surface area contributed by atoms with E-state index in [9.17, 15) is 5.11 Å². The van der Waals surface area contributed by atoms with Gasteiger partial charge in [0, 0.05) is 12.1 Å². The van der Waals surface area contributed by atoms with Crippen molar-refractivity contribution in [2.24, 2.45) is 0 Å². The maximum atomic E-state index is 9.77. The molecule has 1 aromatic carbocycles. The largest absolute Gasteiger partial charge is 0.508 e. The van der Waals surface area contributed by atoms with Crippen molar-refractivity contribution in [1.29, 1.82) is 0 Å². The van der Waals surface area contributed by atoms with Crippen LogP contribution in [0.4, 0.5) is 0 Å². The minimum Gasteiger partial charge on any atom is -0.508 e. The van der Waals surface area contributed by atoms with Crippen LogP contribution in [-0.2, 0) is 6.54 Å². The molecule has 0 radical (unpaired) electrons. The van der Waals surface area contributed by atoms with Crippen LogP contribution in [0, 0.1) is 13.8 Å². The van der Waals surface area contributed by atoms with Gasteiger partial charge in [-0.2, -0.15) is 11.8 Å². The molecule has 0 bridgehead atoms. The summed E-state index contributed by atoms with van der Waals surface area (Å²) in [5.41, 5.74) is 3.37. The molecule has 3 heteroatoms. The highest BCUT2D eigenvalue weighted by molar-refractivity contribution is 7.98. The Hall–Kier alpha value is -0.670. The summed E-state index contributed by atoms with van der Waals surface area (Å²) >= 11 is 1.87. The number of nitrogens with one attached hydrogen (secondary N) is 1. The first kappa shape index (κ1) is 13.4. The average molecular weight is 239 g/mol. The third kappa shape index (κ3) is 4.06. The second kappa shape index (κ2) is 6.81. The van der Waals surface area contributed by atoms with Gasteiger partial charge in [0.25, 0.3) is 0 Å². The maximum absolute atomic E-state index is 9.77. The SMILES string of the molecule is CSCCCNCc1cc(C)c(C)cc1O. The van der Waals surface area contributed by atoms with Crippen LogP contribution in [0.25, 0.3) is 0 Å². The summed E-state index contributed by atoms with van der Waals surface area (Å²) in [5.74, 6) is 1.59. The zero-order chi connectivity index (χ0) is 12.0. The Morgan fingerprint density at radius 2 is 1.94 bits per heavy atom. The zero-order valence-electron chi connectivity index (χ0n) is 10.3. The molecular formula is C13H21NOS. The van der Waals surface area contributed by atoms with Gasteiger partial charge in [0.05, 0.1) is 0 Å². The van der Waals surface area contributed by atoms with Gasteiger partial charge in [-0.05, 0) is 56.0 Å². The molecule has 1 rings (SSSR count). The molecule has 0 atom stereocenters. The van der Waals surface area contributed by atoms with E-state index in [0.717, 1.165) is 24.2 Å². The fourth-order valence-electron chi connectivity index (χ4n) is 1.57. The normalized spacial score (nSPS) is 10.7. The van der Waals surface area contributed by atoms with E-state index in [2.05, 4.69) is 24.6 Å². The Morgan fingerprint density at radius 3 is 2.62 bits per heavy atom. The first-order chi connectivity index (χ1) is 7.65. The van der Waals surface area contributed by atoms with E-state index in [1.165, 1.54) is 17.7 Å². The van der Waals surface area contributed by atoms with Crippen LogP contribution in [0.5, 0.6) is 5.75 Å². The van der Waals surface area contributed by atoms with Crippen molar-refractivity contribution in [3.63, 3.8) is 0 Å². The van der Waals surface area contributed by atoms with Crippen LogP contribution < -0.4 is 5.32 Å². The molecule has 0 saturated heterocycles. The molecule has 90 valence electrons. The van der Waals surface area contributed by atoms with Gasteiger partial charge in [0.1, 0.15) is 5.75 Å². The topological polar surface area (TPSA) is 32.3 Å². The first-order valence-electron chi connectivity index (χ1n) is 5.64. The summed E-state index contributed by atoms with van der Waals surface area (Å²) in [6, 6.07) is 3.90. The van der Waals surface area contributed by atoms with Crippen LogP contribution in [0.1, 0.15) is 23.1 Å². The molecule has 0 aliphatic heterocycles. The van der Waals surface area contributed by atoms with Crippen LogP contribution in [0.15, 0.2) is 12.1 Å². The van der Waals surface area contributed by atoms with E-state index in [1.807, 2.05) is 24.8 Å². The fraction of sp³-hybridized carbons (Fsp3) is 0.538. The van der Waals surface area contributed by atoms with Gasteiger partial charge in [0.15, 0.2) is 0 Å². The number of aryl methyl sites for hydroxylation is 2. The number of phenols is 1. The first-order valence-corrected chi connectivity index (χ1v) is 7.03. The maximum Gasteiger partial charge on any atom is 0.120 e. The summed E-state index contributed by atoms with van der Waals surface area (Å²) in [4.78, 5) is 0. The molecule has 16 heavy (non-hydrogen) atoms. The van der Waals surface area contributed by atoms with E-state index in [1.54, 1.807) is 0 Å². The molecule has 1 aromatic rings. The summed E-state index contributed by atoms with van der Waals surface area (Å²) < 4.78 is 0. The Balaban J connectivity index is 2.45. The Labute approximate surface area is 102 Å². The monoisotopic (exact) mass is 239 g/mol. The van der Waals surface area contributed by atoms with E-state index >= 15 is 0 Å². The Kier molecular flexibility index (Phi) is 5.71. The summed E-state index contributed by atoms with van der Waals surface area (Å²) in [6.45, 7) is 5.85. The van der Waals surface area contributed by atoms with Crippen LogP contribution in [-0.4, -0.2) is 23.7 Å². The number of hydrogen-bond donors (Lipinski definition) is 2. The molecular weight excluding hydrogens is 218 g/mol. The van der Waals surface area contributed by atoms with Crippen molar-refractivity contribution in [2.45, 2.75) is 26.8 Å². The number of aromatic hydroxyl groups is 1. The smallest absolute Gasteiger partial charge is 0.120 e. The molecule has 0 aromatic heterocycles. The molecule has 2 nitrogen and oxygen atoms in total. The minimum atomic E-state index is 0.403. The fourth-order valence-corrected chi connectivity index (χ4v) is 2.00. The van der Waals surface area contributed by atoms with Crippen molar-refractivity contribution in [1.82, 2.24) is 5.32 Å². The second-order valence-electron chi connectivity index (χ2n) is 4.09. The predicted molar refractivity (Wildman–Crippen MR) is 72.3 cm³/mol. The van der Waals surface area contributed by atoms with Gasteiger partial charge in [-0.3, -0.25) is 0 Å². The van der Waals surface area contributed by atoms with Gasteiger partial charge in [-0.15, -0.1) is 0 Å². The van der Waals surface area contributed by atoms with Crippen molar-refractivity contribution < 1.29 is 5.11 Å². The standard InChI is InChI=1S/C13H21NOS/c1-10-7-12(13(15)8-11(10)2)9-14-5-4-6-16-3/h7-8,14-15H,4-6,9H2,1-3H3. The summed E-state index contributed by atoms with van der Waals surface area (Å²) in [6.07, 6.45) is 3.29. The van der Waals surface area contributed by atoms with E-state index < -0.39 is 0 Å². The van der Waals surface area contributed by atoms with Gasteiger partial charge in [-0.1, -0.05) is 6.07 Å². The zero-order valence-corrected chi connectivity index (χ0v) is 11.2. The molecule has 0 fully saturated rings. The predicted octanol–water partition coefficient (Wildman–Crippen LogP) is 2.85. The number of thioether (sulfide) groups is 1. The third-order valence-corrected chi connectivity index (χ3v) is 3.41. The molecule has 0 amide bonds. The highest BCUT2D eigenvalue weighted by atomic mass is 32.2. The summed E-state index contributed by atoms with van der Waals surface area (Å²) in [5, 5.41) is 13.1. The van der Waals surface area contributed by atoms with Gasteiger partial charge >= 0.3 is 0 Å².